The van der Waals surface area contributed by atoms with Crippen LogP contribution in [0.2, 0.25) is 0 Å². The summed E-state index contributed by atoms with van der Waals surface area (Å²) < 4.78 is 5.61. The van der Waals surface area contributed by atoms with E-state index in [1.807, 2.05) is 30.3 Å². The number of benzene rings is 1. The Kier molecular flexibility index (Phi) is 3.87. The van der Waals surface area contributed by atoms with Crippen LogP contribution in [-0.4, -0.2) is 51.6 Å². The first-order chi connectivity index (χ1) is 11.7. The van der Waals surface area contributed by atoms with Crippen LogP contribution >= 0.6 is 0 Å². The Morgan fingerprint density at radius 2 is 2.21 bits per heavy atom. The molecule has 0 unspecified atom stereocenters. The standard InChI is InChI=1S/C17H19N5O2/c1-24-16-10-22(9-13(16)15-7-18-21-20-15)8-12-6-11-4-2-3-5-14(11)19-17(12)23/h2-7,13,16H,8-10H2,1H3,(H,19,23)(H,18,20,21)/t13-,16+/m0/s1. The van der Waals surface area contributed by atoms with Crippen molar-refractivity contribution < 1.29 is 4.74 Å². The van der Waals surface area contributed by atoms with Gasteiger partial charge < -0.3 is 9.72 Å². The summed E-state index contributed by atoms with van der Waals surface area (Å²) in [4.78, 5) is 17.5. The van der Waals surface area contributed by atoms with Crippen molar-refractivity contribution in [3.8, 4) is 0 Å². The number of para-hydroxylation sites is 1. The zero-order valence-electron chi connectivity index (χ0n) is 13.4. The van der Waals surface area contributed by atoms with Crippen molar-refractivity contribution in [2.75, 3.05) is 20.2 Å². The van der Waals surface area contributed by atoms with Crippen LogP contribution in [0.4, 0.5) is 0 Å². The lowest BCUT2D eigenvalue weighted by Crippen LogP contribution is -2.26. The maximum atomic E-state index is 12.3. The molecule has 124 valence electrons. The van der Waals surface area contributed by atoms with Crippen LogP contribution in [0.25, 0.3) is 10.9 Å². The number of fused-ring (bicyclic) bond motifs is 1. The molecule has 0 bridgehead atoms. The van der Waals surface area contributed by atoms with Gasteiger partial charge in [0.15, 0.2) is 0 Å². The first-order valence-electron chi connectivity index (χ1n) is 7.96. The number of rotatable bonds is 4. The summed E-state index contributed by atoms with van der Waals surface area (Å²) in [5.74, 6) is 0.160. The molecule has 1 aliphatic heterocycles. The molecular formula is C17H19N5O2. The van der Waals surface area contributed by atoms with Crippen molar-refractivity contribution in [3.05, 3.63) is 58.1 Å². The van der Waals surface area contributed by atoms with Crippen molar-refractivity contribution >= 4 is 10.9 Å². The Labute approximate surface area is 138 Å². The highest BCUT2D eigenvalue weighted by Gasteiger charge is 2.35. The number of pyridine rings is 1. The molecule has 24 heavy (non-hydrogen) atoms. The Morgan fingerprint density at radius 3 is 3.00 bits per heavy atom. The summed E-state index contributed by atoms with van der Waals surface area (Å²) in [7, 11) is 1.71. The second kappa shape index (κ2) is 6.18. The number of H-pyrrole nitrogens is 2. The summed E-state index contributed by atoms with van der Waals surface area (Å²) >= 11 is 0. The van der Waals surface area contributed by atoms with Crippen LogP contribution < -0.4 is 5.56 Å². The second-order valence-electron chi connectivity index (χ2n) is 6.18. The van der Waals surface area contributed by atoms with Gasteiger partial charge in [-0.3, -0.25) is 9.69 Å². The molecule has 0 aliphatic carbocycles. The van der Waals surface area contributed by atoms with E-state index in [2.05, 4.69) is 25.3 Å². The lowest BCUT2D eigenvalue weighted by molar-refractivity contribution is 0.0957. The summed E-state index contributed by atoms with van der Waals surface area (Å²) in [6.07, 6.45) is 1.79. The fourth-order valence-electron chi connectivity index (χ4n) is 3.44. The zero-order valence-corrected chi connectivity index (χ0v) is 13.4. The van der Waals surface area contributed by atoms with E-state index in [9.17, 15) is 4.79 Å². The highest BCUT2D eigenvalue weighted by molar-refractivity contribution is 5.78. The van der Waals surface area contributed by atoms with Crippen molar-refractivity contribution in [2.24, 2.45) is 0 Å². The summed E-state index contributed by atoms with van der Waals surface area (Å²) in [6, 6.07) is 9.79. The number of hydrogen-bond donors (Lipinski definition) is 2. The molecule has 0 amide bonds. The van der Waals surface area contributed by atoms with Crippen LogP contribution in [0.5, 0.6) is 0 Å². The van der Waals surface area contributed by atoms with E-state index in [1.165, 1.54) is 0 Å². The van der Waals surface area contributed by atoms with Gasteiger partial charge in [-0.15, -0.1) is 0 Å². The largest absolute Gasteiger partial charge is 0.379 e. The molecule has 0 spiro atoms. The fourth-order valence-corrected chi connectivity index (χ4v) is 3.44. The van der Waals surface area contributed by atoms with Gasteiger partial charge in [-0.25, -0.2) is 0 Å². The van der Waals surface area contributed by atoms with Crippen LogP contribution in [0.1, 0.15) is 17.2 Å². The topological polar surface area (TPSA) is 86.9 Å². The predicted octanol–water partition coefficient (Wildman–Crippen LogP) is 1.26. The lowest BCUT2D eigenvalue weighted by Gasteiger charge is -2.15. The van der Waals surface area contributed by atoms with Gasteiger partial charge in [0.1, 0.15) is 0 Å². The highest BCUT2D eigenvalue weighted by atomic mass is 16.5. The fraction of sp³-hybridized carbons (Fsp3) is 0.353. The van der Waals surface area contributed by atoms with E-state index >= 15 is 0 Å². The number of likely N-dealkylation sites (tertiary alicyclic amines) is 1. The van der Waals surface area contributed by atoms with Gasteiger partial charge in [0.25, 0.3) is 5.56 Å². The molecule has 1 saturated heterocycles. The minimum absolute atomic E-state index is 0.0347. The van der Waals surface area contributed by atoms with Crippen LogP contribution in [0.15, 0.2) is 41.3 Å². The zero-order chi connectivity index (χ0) is 16.5. The molecule has 7 nitrogen and oxygen atoms in total. The first-order valence-corrected chi connectivity index (χ1v) is 7.96. The van der Waals surface area contributed by atoms with E-state index in [4.69, 9.17) is 4.74 Å². The second-order valence-corrected chi connectivity index (χ2v) is 6.18. The number of nitrogens with one attached hydrogen (secondary N) is 2. The summed E-state index contributed by atoms with van der Waals surface area (Å²) in [5.41, 5.74) is 2.50. The Morgan fingerprint density at radius 1 is 1.33 bits per heavy atom. The molecule has 3 heterocycles. The number of methoxy groups -OCH3 is 1. The normalized spacial score (nSPS) is 21.5. The molecule has 0 saturated carbocycles. The maximum Gasteiger partial charge on any atom is 0.252 e. The van der Waals surface area contributed by atoms with Crippen LogP contribution in [0.3, 0.4) is 0 Å². The molecule has 1 aromatic carbocycles. The van der Waals surface area contributed by atoms with Crippen molar-refractivity contribution in [3.63, 3.8) is 0 Å². The molecule has 2 aromatic heterocycles. The Bertz CT molecular complexity index is 889. The van der Waals surface area contributed by atoms with E-state index < -0.39 is 0 Å². The average molecular weight is 325 g/mol. The molecule has 7 heteroatoms. The van der Waals surface area contributed by atoms with Crippen molar-refractivity contribution in [1.82, 2.24) is 25.3 Å². The summed E-state index contributed by atoms with van der Waals surface area (Å²) in [6.45, 7) is 2.14. The van der Waals surface area contributed by atoms with E-state index in [0.717, 1.165) is 35.2 Å². The van der Waals surface area contributed by atoms with Gasteiger partial charge in [0.2, 0.25) is 0 Å². The Balaban J connectivity index is 1.57. The van der Waals surface area contributed by atoms with Gasteiger partial charge in [-0.2, -0.15) is 15.4 Å². The SMILES string of the molecule is CO[C@@H]1CN(Cc2cc3ccccc3[nH]c2=O)C[C@H]1c1cn[nH]n1. The van der Waals surface area contributed by atoms with Gasteiger partial charge >= 0.3 is 0 Å². The number of hydrogen-bond acceptors (Lipinski definition) is 5. The third-order valence-electron chi connectivity index (χ3n) is 4.68. The molecule has 3 aromatic rings. The monoisotopic (exact) mass is 325 g/mol. The quantitative estimate of drug-likeness (QED) is 0.754. The minimum atomic E-state index is -0.0347. The average Bonchev–Trinajstić information content (AvgIpc) is 3.24. The van der Waals surface area contributed by atoms with Gasteiger partial charge in [0.05, 0.1) is 18.0 Å². The Hall–Kier alpha value is -2.51. The third kappa shape index (κ3) is 2.72. The van der Waals surface area contributed by atoms with Gasteiger partial charge in [-0.1, -0.05) is 18.2 Å². The number of ether oxygens (including phenoxy) is 1. The smallest absolute Gasteiger partial charge is 0.252 e. The minimum Gasteiger partial charge on any atom is -0.379 e. The molecule has 0 radical (unpaired) electrons. The van der Waals surface area contributed by atoms with E-state index in [-0.39, 0.29) is 17.6 Å². The number of nitrogens with zero attached hydrogens (tertiary/aromatic N) is 3. The van der Waals surface area contributed by atoms with Gasteiger partial charge in [0, 0.05) is 43.7 Å². The summed E-state index contributed by atoms with van der Waals surface area (Å²) in [5, 5.41) is 11.8. The van der Waals surface area contributed by atoms with Crippen molar-refractivity contribution in [2.45, 2.75) is 18.6 Å². The van der Waals surface area contributed by atoms with Crippen LogP contribution in [0, 0.1) is 0 Å². The van der Waals surface area contributed by atoms with Gasteiger partial charge in [-0.05, 0) is 17.5 Å². The van der Waals surface area contributed by atoms with E-state index in [0.29, 0.717) is 6.54 Å². The number of aromatic nitrogens is 4. The van der Waals surface area contributed by atoms with Crippen LogP contribution in [-0.2, 0) is 11.3 Å². The lowest BCUT2D eigenvalue weighted by atomic mass is 10.0. The predicted molar refractivity (Wildman–Crippen MR) is 89.8 cm³/mol. The number of aromatic amines is 2. The molecular weight excluding hydrogens is 306 g/mol. The van der Waals surface area contributed by atoms with E-state index in [1.54, 1.807) is 13.3 Å². The molecule has 1 fully saturated rings. The highest BCUT2D eigenvalue weighted by Crippen LogP contribution is 2.28. The molecule has 4 rings (SSSR count). The molecule has 2 N–H and O–H groups in total. The molecule has 1 aliphatic rings. The van der Waals surface area contributed by atoms with Crippen molar-refractivity contribution in [1.29, 1.82) is 0 Å². The third-order valence-corrected chi connectivity index (χ3v) is 4.68. The molecule has 2 atom stereocenters. The first kappa shape index (κ1) is 15.0. The maximum absolute atomic E-state index is 12.3.